The average molecular weight is 354 g/mol. The Morgan fingerprint density at radius 1 is 1.43 bits per heavy atom. The Morgan fingerprint density at radius 3 is 2.71 bits per heavy atom. The van der Waals surface area contributed by atoms with E-state index in [1.165, 1.54) is 6.08 Å². The van der Waals surface area contributed by atoms with E-state index in [1.807, 2.05) is 32.0 Å². The highest BCUT2D eigenvalue weighted by atomic mass is 79.9. The number of hydrogen-bond donors (Lipinski definition) is 2. The van der Waals surface area contributed by atoms with Gasteiger partial charge in [-0.05, 0) is 36.6 Å². The summed E-state index contributed by atoms with van der Waals surface area (Å²) in [5.74, 6) is -1.69. The number of nitrogens with one attached hydrogen (secondary N) is 1. The molecule has 0 heterocycles. The van der Waals surface area contributed by atoms with Crippen LogP contribution >= 0.6 is 15.9 Å². The lowest BCUT2D eigenvalue weighted by atomic mass is 10.0. The molecule has 0 aliphatic heterocycles. The average Bonchev–Trinajstić information content (AvgIpc) is 2.42. The van der Waals surface area contributed by atoms with Crippen LogP contribution in [0.2, 0.25) is 0 Å². The number of hydrogen-bond acceptors (Lipinski definition) is 2. The first-order valence-electron chi connectivity index (χ1n) is 6.89. The molecule has 2 N–H and O–H groups in total. The summed E-state index contributed by atoms with van der Waals surface area (Å²) < 4.78 is 0.918. The Kier molecular flexibility index (Phi) is 7.15. The SMILES string of the molecule is CCCC(CNC(=O)C=Cc1ccc(C)cc1Br)C(=O)O. The van der Waals surface area contributed by atoms with E-state index in [0.717, 1.165) is 22.0 Å². The van der Waals surface area contributed by atoms with E-state index in [-0.39, 0.29) is 12.5 Å². The third kappa shape index (κ3) is 6.12. The van der Waals surface area contributed by atoms with Crippen LogP contribution in [0, 0.1) is 12.8 Å². The van der Waals surface area contributed by atoms with Crippen molar-refractivity contribution in [3.63, 3.8) is 0 Å². The Labute approximate surface area is 133 Å². The molecule has 4 nitrogen and oxygen atoms in total. The number of carbonyl (C=O) groups excluding carboxylic acids is 1. The van der Waals surface area contributed by atoms with Crippen LogP contribution in [-0.2, 0) is 9.59 Å². The van der Waals surface area contributed by atoms with Gasteiger partial charge in [-0.2, -0.15) is 0 Å². The number of benzene rings is 1. The van der Waals surface area contributed by atoms with Gasteiger partial charge in [0.05, 0.1) is 5.92 Å². The van der Waals surface area contributed by atoms with Gasteiger partial charge in [-0.1, -0.05) is 41.4 Å². The van der Waals surface area contributed by atoms with E-state index >= 15 is 0 Å². The summed E-state index contributed by atoms with van der Waals surface area (Å²) in [5.41, 5.74) is 2.03. The van der Waals surface area contributed by atoms with Gasteiger partial charge in [0.25, 0.3) is 0 Å². The molecule has 0 aliphatic rings. The third-order valence-electron chi connectivity index (χ3n) is 3.08. The van der Waals surface area contributed by atoms with E-state index in [9.17, 15) is 9.59 Å². The van der Waals surface area contributed by atoms with Crippen LogP contribution in [-0.4, -0.2) is 23.5 Å². The minimum atomic E-state index is -0.873. The van der Waals surface area contributed by atoms with Crippen LogP contribution in [0.3, 0.4) is 0 Å². The summed E-state index contributed by atoms with van der Waals surface area (Å²) in [6.45, 7) is 4.07. The Hall–Kier alpha value is -1.62. The second kappa shape index (κ2) is 8.62. The number of halogens is 1. The summed E-state index contributed by atoms with van der Waals surface area (Å²) in [5, 5.41) is 11.6. The van der Waals surface area contributed by atoms with Crippen LogP contribution in [0.4, 0.5) is 0 Å². The molecule has 21 heavy (non-hydrogen) atoms. The zero-order valence-electron chi connectivity index (χ0n) is 12.2. The molecule has 0 spiro atoms. The van der Waals surface area contributed by atoms with E-state index in [4.69, 9.17) is 5.11 Å². The zero-order chi connectivity index (χ0) is 15.8. The Morgan fingerprint density at radius 2 is 2.14 bits per heavy atom. The molecule has 1 atom stereocenters. The lowest BCUT2D eigenvalue weighted by Crippen LogP contribution is -2.31. The smallest absolute Gasteiger partial charge is 0.308 e. The second-order valence-corrected chi connectivity index (χ2v) is 5.78. The minimum Gasteiger partial charge on any atom is -0.481 e. The van der Waals surface area contributed by atoms with Gasteiger partial charge in [-0.3, -0.25) is 9.59 Å². The lowest BCUT2D eigenvalue weighted by Gasteiger charge is -2.11. The van der Waals surface area contributed by atoms with Crippen molar-refractivity contribution in [2.45, 2.75) is 26.7 Å². The first kappa shape index (κ1) is 17.4. The predicted molar refractivity (Wildman–Crippen MR) is 87.0 cm³/mol. The van der Waals surface area contributed by atoms with Crippen LogP contribution in [0.15, 0.2) is 28.7 Å². The maximum Gasteiger partial charge on any atom is 0.308 e. The highest BCUT2D eigenvalue weighted by Gasteiger charge is 2.16. The molecule has 0 saturated carbocycles. The normalized spacial score (nSPS) is 12.3. The Bertz CT molecular complexity index is 540. The van der Waals surface area contributed by atoms with Crippen molar-refractivity contribution in [1.82, 2.24) is 5.32 Å². The van der Waals surface area contributed by atoms with E-state index in [0.29, 0.717) is 6.42 Å². The molecular weight excluding hydrogens is 334 g/mol. The van der Waals surface area contributed by atoms with Crippen molar-refractivity contribution >= 4 is 33.9 Å². The van der Waals surface area contributed by atoms with Gasteiger partial charge < -0.3 is 10.4 Å². The Balaban J connectivity index is 2.56. The van der Waals surface area contributed by atoms with Crippen LogP contribution in [0.25, 0.3) is 6.08 Å². The molecule has 0 aliphatic carbocycles. The van der Waals surface area contributed by atoms with Gasteiger partial charge in [-0.25, -0.2) is 0 Å². The van der Waals surface area contributed by atoms with Gasteiger partial charge in [0.2, 0.25) is 5.91 Å². The third-order valence-corrected chi connectivity index (χ3v) is 3.77. The lowest BCUT2D eigenvalue weighted by molar-refractivity contribution is -0.141. The van der Waals surface area contributed by atoms with Gasteiger partial charge in [0.15, 0.2) is 0 Å². The molecule has 0 saturated heterocycles. The first-order chi connectivity index (χ1) is 9.93. The van der Waals surface area contributed by atoms with Crippen LogP contribution < -0.4 is 5.32 Å². The molecule has 114 valence electrons. The van der Waals surface area contributed by atoms with Gasteiger partial charge >= 0.3 is 5.97 Å². The topological polar surface area (TPSA) is 66.4 Å². The number of carbonyl (C=O) groups is 2. The molecule has 0 radical (unpaired) electrons. The first-order valence-corrected chi connectivity index (χ1v) is 7.68. The quantitative estimate of drug-likeness (QED) is 0.738. The second-order valence-electron chi connectivity index (χ2n) is 4.93. The molecule has 1 aromatic rings. The summed E-state index contributed by atoms with van der Waals surface area (Å²) >= 11 is 3.44. The van der Waals surface area contributed by atoms with Gasteiger partial charge in [0.1, 0.15) is 0 Å². The number of carboxylic acid groups (broad SMARTS) is 1. The molecule has 1 amide bonds. The predicted octanol–water partition coefficient (Wildman–Crippen LogP) is 3.39. The largest absolute Gasteiger partial charge is 0.481 e. The number of carboxylic acids is 1. The summed E-state index contributed by atoms with van der Waals surface area (Å²) in [6.07, 6.45) is 4.45. The standard InChI is InChI=1S/C16H20BrNO3/c1-3-4-13(16(20)21)10-18-15(19)8-7-12-6-5-11(2)9-14(12)17/h5-9,13H,3-4,10H2,1-2H3,(H,18,19)(H,20,21). The fourth-order valence-electron chi connectivity index (χ4n) is 1.88. The van der Waals surface area contributed by atoms with Crippen molar-refractivity contribution in [2.75, 3.05) is 6.54 Å². The molecular formula is C16H20BrNO3. The zero-order valence-corrected chi connectivity index (χ0v) is 13.8. The fourth-order valence-corrected chi connectivity index (χ4v) is 2.50. The maximum absolute atomic E-state index is 11.7. The monoisotopic (exact) mass is 353 g/mol. The van der Waals surface area contributed by atoms with Crippen LogP contribution in [0.5, 0.6) is 0 Å². The number of aliphatic carboxylic acids is 1. The van der Waals surface area contributed by atoms with Crippen molar-refractivity contribution in [3.8, 4) is 0 Å². The molecule has 1 unspecified atom stereocenters. The van der Waals surface area contributed by atoms with Crippen molar-refractivity contribution in [2.24, 2.45) is 5.92 Å². The highest BCUT2D eigenvalue weighted by molar-refractivity contribution is 9.10. The summed E-state index contributed by atoms with van der Waals surface area (Å²) in [7, 11) is 0. The summed E-state index contributed by atoms with van der Waals surface area (Å²) in [4.78, 5) is 22.7. The molecule has 0 aromatic heterocycles. The number of rotatable bonds is 7. The number of amides is 1. The van der Waals surface area contributed by atoms with Gasteiger partial charge in [0, 0.05) is 17.1 Å². The van der Waals surface area contributed by atoms with Gasteiger partial charge in [-0.15, -0.1) is 0 Å². The molecule has 5 heteroatoms. The maximum atomic E-state index is 11.7. The number of aryl methyl sites for hydroxylation is 1. The van der Waals surface area contributed by atoms with E-state index in [2.05, 4.69) is 21.2 Å². The molecule has 0 bridgehead atoms. The highest BCUT2D eigenvalue weighted by Crippen LogP contribution is 2.19. The van der Waals surface area contributed by atoms with Crippen molar-refractivity contribution in [1.29, 1.82) is 0 Å². The fraction of sp³-hybridized carbons (Fsp3) is 0.375. The van der Waals surface area contributed by atoms with Crippen molar-refractivity contribution < 1.29 is 14.7 Å². The minimum absolute atomic E-state index is 0.154. The van der Waals surface area contributed by atoms with E-state index in [1.54, 1.807) is 6.08 Å². The summed E-state index contributed by atoms with van der Waals surface area (Å²) in [6, 6.07) is 5.85. The van der Waals surface area contributed by atoms with Crippen molar-refractivity contribution in [3.05, 3.63) is 39.9 Å². The van der Waals surface area contributed by atoms with E-state index < -0.39 is 11.9 Å². The molecule has 0 fully saturated rings. The molecule has 1 rings (SSSR count). The molecule has 1 aromatic carbocycles. The van der Waals surface area contributed by atoms with Crippen LogP contribution in [0.1, 0.15) is 30.9 Å².